The summed E-state index contributed by atoms with van der Waals surface area (Å²) in [5.74, 6) is 0.396. The molecule has 1 aromatic rings. The summed E-state index contributed by atoms with van der Waals surface area (Å²) in [6.45, 7) is 2.41. The lowest BCUT2D eigenvalue weighted by Gasteiger charge is -2.31. The van der Waals surface area contributed by atoms with E-state index in [0.717, 1.165) is 44.8 Å². The van der Waals surface area contributed by atoms with E-state index in [2.05, 4.69) is 14.9 Å². The average Bonchev–Trinajstić information content (AvgIpc) is 3.23. The van der Waals surface area contributed by atoms with Crippen molar-refractivity contribution in [2.75, 3.05) is 50.1 Å². The molecule has 2 atom stereocenters. The first-order chi connectivity index (χ1) is 12.3. The van der Waals surface area contributed by atoms with Crippen molar-refractivity contribution < 1.29 is 18.3 Å². The minimum absolute atomic E-state index is 0.0700. The van der Waals surface area contributed by atoms with E-state index in [9.17, 15) is 18.3 Å². The molecular formula is C17H26F3N5O. The van der Waals surface area contributed by atoms with Gasteiger partial charge in [0.05, 0.1) is 6.61 Å². The highest BCUT2D eigenvalue weighted by atomic mass is 19.4. The third kappa shape index (κ3) is 4.03. The Bertz CT molecular complexity index is 625. The lowest BCUT2D eigenvalue weighted by Crippen LogP contribution is -2.44. The Balaban J connectivity index is 1.85. The van der Waals surface area contributed by atoms with Crippen LogP contribution in [0.15, 0.2) is 6.07 Å². The van der Waals surface area contributed by atoms with Gasteiger partial charge in [-0.15, -0.1) is 0 Å². The lowest BCUT2D eigenvalue weighted by molar-refractivity contribution is -0.141. The van der Waals surface area contributed by atoms with Crippen LogP contribution in [-0.4, -0.2) is 72.4 Å². The van der Waals surface area contributed by atoms with Gasteiger partial charge in [0.1, 0.15) is 5.82 Å². The molecule has 9 heteroatoms. The average molecular weight is 373 g/mol. The van der Waals surface area contributed by atoms with Gasteiger partial charge in [0, 0.05) is 45.3 Å². The maximum Gasteiger partial charge on any atom is 0.433 e. The van der Waals surface area contributed by atoms with Gasteiger partial charge < -0.3 is 14.9 Å². The summed E-state index contributed by atoms with van der Waals surface area (Å²) in [6.07, 6.45) is -0.698. The quantitative estimate of drug-likeness (QED) is 0.852. The van der Waals surface area contributed by atoms with Crippen LogP contribution in [0.5, 0.6) is 0 Å². The molecule has 1 aromatic heterocycles. The van der Waals surface area contributed by atoms with Crippen molar-refractivity contribution in [2.24, 2.45) is 0 Å². The predicted octanol–water partition coefficient (Wildman–Crippen LogP) is 1.99. The van der Waals surface area contributed by atoms with Gasteiger partial charge in [-0.25, -0.2) is 4.98 Å². The van der Waals surface area contributed by atoms with Crippen molar-refractivity contribution in [2.45, 2.75) is 43.9 Å². The van der Waals surface area contributed by atoms with Gasteiger partial charge >= 0.3 is 6.18 Å². The van der Waals surface area contributed by atoms with E-state index < -0.39 is 11.9 Å². The van der Waals surface area contributed by atoms with Crippen LogP contribution in [0.1, 0.15) is 31.4 Å². The van der Waals surface area contributed by atoms with E-state index in [0.29, 0.717) is 6.54 Å². The van der Waals surface area contributed by atoms with Gasteiger partial charge in [-0.3, -0.25) is 4.90 Å². The molecule has 3 heterocycles. The second kappa shape index (κ2) is 7.56. The maximum absolute atomic E-state index is 13.3. The number of nitrogens with zero attached hydrogens (tertiary/aromatic N) is 5. The van der Waals surface area contributed by atoms with E-state index in [-0.39, 0.29) is 30.5 Å². The molecule has 2 saturated heterocycles. The molecule has 0 spiro atoms. The van der Waals surface area contributed by atoms with Crippen LogP contribution in [0.3, 0.4) is 0 Å². The van der Waals surface area contributed by atoms with Crippen LogP contribution in [0, 0.1) is 0 Å². The predicted molar refractivity (Wildman–Crippen MR) is 93.4 cm³/mol. The van der Waals surface area contributed by atoms with Crippen molar-refractivity contribution in [3.8, 4) is 0 Å². The number of alkyl halides is 3. The second-order valence-corrected chi connectivity index (χ2v) is 7.27. The molecule has 3 rings (SSSR count). The minimum Gasteiger partial charge on any atom is -0.395 e. The van der Waals surface area contributed by atoms with E-state index >= 15 is 0 Å². The largest absolute Gasteiger partial charge is 0.433 e. The molecular weight excluding hydrogens is 347 g/mol. The van der Waals surface area contributed by atoms with Gasteiger partial charge in [0.15, 0.2) is 5.69 Å². The zero-order valence-corrected chi connectivity index (χ0v) is 15.2. The van der Waals surface area contributed by atoms with Crippen LogP contribution in [0.2, 0.25) is 0 Å². The van der Waals surface area contributed by atoms with Crippen molar-refractivity contribution in [3.05, 3.63) is 11.8 Å². The van der Waals surface area contributed by atoms with Crippen LogP contribution in [0.25, 0.3) is 0 Å². The van der Waals surface area contributed by atoms with Gasteiger partial charge in [-0.2, -0.15) is 18.2 Å². The molecule has 2 unspecified atom stereocenters. The van der Waals surface area contributed by atoms with Gasteiger partial charge in [-0.1, -0.05) is 0 Å². The number of rotatable bonds is 5. The number of halogens is 3. The van der Waals surface area contributed by atoms with Crippen molar-refractivity contribution in [3.63, 3.8) is 0 Å². The summed E-state index contributed by atoms with van der Waals surface area (Å²) in [4.78, 5) is 13.9. The molecule has 2 aliphatic heterocycles. The Kier molecular flexibility index (Phi) is 5.57. The van der Waals surface area contributed by atoms with E-state index in [1.807, 2.05) is 4.90 Å². The monoisotopic (exact) mass is 373 g/mol. The number of hydrogen-bond donors (Lipinski definition) is 1. The van der Waals surface area contributed by atoms with Crippen molar-refractivity contribution in [1.29, 1.82) is 0 Å². The highest BCUT2D eigenvalue weighted by Gasteiger charge is 2.37. The molecule has 0 aromatic carbocycles. The molecule has 0 amide bonds. The zero-order chi connectivity index (χ0) is 18.9. The highest BCUT2D eigenvalue weighted by molar-refractivity contribution is 5.46. The Morgan fingerprint density at radius 2 is 1.85 bits per heavy atom. The Morgan fingerprint density at radius 3 is 2.50 bits per heavy atom. The summed E-state index contributed by atoms with van der Waals surface area (Å²) >= 11 is 0. The first-order valence-corrected chi connectivity index (χ1v) is 9.04. The first-order valence-electron chi connectivity index (χ1n) is 9.04. The SMILES string of the molecule is CN(C)c1cc(C(F)(F)F)nc(N2CCCC2CN2CCCC2CO)n1. The van der Waals surface area contributed by atoms with Gasteiger partial charge in [0.25, 0.3) is 0 Å². The third-order valence-corrected chi connectivity index (χ3v) is 5.24. The van der Waals surface area contributed by atoms with Crippen LogP contribution < -0.4 is 9.80 Å². The molecule has 0 radical (unpaired) electrons. The Labute approximate surface area is 151 Å². The molecule has 26 heavy (non-hydrogen) atoms. The molecule has 2 aliphatic rings. The molecule has 6 nitrogen and oxygen atoms in total. The molecule has 2 fully saturated rings. The van der Waals surface area contributed by atoms with E-state index in [1.165, 1.54) is 0 Å². The molecule has 0 bridgehead atoms. The van der Waals surface area contributed by atoms with Crippen molar-refractivity contribution in [1.82, 2.24) is 14.9 Å². The molecule has 1 N–H and O–H groups in total. The fraction of sp³-hybridized carbons (Fsp3) is 0.765. The van der Waals surface area contributed by atoms with Gasteiger partial charge in [0.2, 0.25) is 5.95 Å². The third-order valence-electron chi connectivity index (χ3n) is 5.24. The normalized spacial score (nSPS) is 24.5. The standard InChI is InChI=1S/C17H26F3N5O/c1-23(2)15-9-14(17(18,19)20)21-16(22-15)25-8-4-5-12(25)10-24-7-3-6-13(24)11-26/h9,12-13,26H,3-8,10-11H2,1-2H3. The number of aromatic nitrogens is 2. The summed E-state index contributed by atoms with van der Waals surface area (Å²) in [5, 5.41) is 9.51. The number of likely N-dealkylation sites (tertiary alicyclic amines) is 1. The number of anilines is 2. The first kappa shape index (κ1) is 19.2. The lowest BCUT2D eigenvalue weighted by atomic mass is 10.2. The van der Waals surface area contributed by atoms with Crippen LogP contribution in [-0.2, 0) is 6.18 Å². The molecule has 146 valence electrons. The summed E-state index contributed by atoms with van der Waals surface area (Å²) in [6, 6.07) is 1.20. The van der Waals surface area contributed by atoms with Gasteiger partial charge in [-0.05, 0) is 32.2 Å². The molecule has 0 saturated carbocycles. The zero-order valence-electron chi connectivity index (χ0n) is 15.2. The summed E-state index contributed by atoms with van der Waals surface area (Å²) in [5.41, 5.74) is -0.911. The van der Waals surface area contributed by atoms with Crippen LogP contribution in [0.4, 0.5) is 24.9 Å². The number of hydrogen-bond acceptors (Lipinski definition) is 6. The second-order valence-electron chi connectivity index (χ2n) is 7.27. The fourth-order valence-electron chi connectivity index (χ4n) is 3.83. The minimum atomic E-state index is -4.51. The Morgan fingerprint density at radius 1 is 1.15 bits per heavy atom. The maximum atomic E-state index is 13.3. The Hall–Kier alpha value is -1.61. The topological polar surface area (TPSA) is 55.7 Å². The summed E-state index contributed by atoms with van der Waals surface area (Å²) < 4.78 is 39.8. The van der Waals surface area contributed by atoms with E-state index in [1.54, 1.807) is 19.0 Å². The van der Waals surface area contributed by atoms with E-state index in [4.69, 9.17) is 0 Å². The smallest absolute Gasteiger partial charge is 0.395 e. The van der Waals surface area contributed by atoms with Crippen molar-refractivity contribution >= 4 is 11.8 Å². The highest BCUT2D eigenvalue weighted by Crippen LogP contribution is 2.33. The van der Waals surface area contributed by atoms with Crippen LogP contribution >= 0.6 is 0 Å². The summed E-state index contributed by atoms with van der Waals surface area (Å²) in [7, 11) is 3.34. The number of aliphatic hydroxyl groups excluding tert-OH is 1. The number of aliphatic hydroxyl groups is 1. The molecule has 0 aliphatic carbocycles. The fourth-order valence-corrected chi connectivity index (χ4v) is 3.83.